The summed E-state index contributed by atoms with van der Waals surface area (Å²) < 4.78 is 4.10. The zero-order chi connectivity index (χ0) is 11.5. The van der Waals surface area contributed by atoms with Crippen LogP contribution in [0.4, 0.5) is 0 Å². The summed E-state index contributed by atoms with van der Waals surface area (Å²) in [6.45, 7) is 2.01. The second kappa shape index (κ2) is 9.97. The average Bonchev–Trinajstić information content (AvgIpc) is 2.28. The maximum atomic E-state index is 7.65. The van der Waals surface area contributed by atoms with Gasteiger partial charge >= 0.3 is 0 Å². The molecule has 0 saturated heterocycles. The van der Waals surface area contributed by atoms with Gasteiger partial charge in [0.2, 0.25) is 0 Å². The molecule has 0 amide bonds. The first-order chi connectivity index (χ1) is 7.26. The van der Waals surface area contributed by atoms with Crippen LogP contribution in [0.3, 0.4) is 0 Å². The molecule has 0 spiro atoms. The number of halogens is 1. The zero-order valence-electron chi connectivity index (χ0n) is 9.37. The number of hydrogen-bond acceptors (Lipinski definition) is 2. The largest absolute Gasteiger partial charge is 0.371 e. The van der Waals surface area contributed by atoms with Crippen LogP contribution in [0.2, 0.25) is 5.02 Å². The van der Waals surface area contributed by atoms with E-state index in [0.29, 0.717) is 0 Å². The highest BCUT2D eigenvalue weighted by Crippen LogP contribution is 2.16. The molecule has 86 valence electrons. The molecule has 0 radical (unpaired) electrons. The molecule has 15 heavy (non-hydrogen) atoms. The summed E-state index contributed by atoms with van der Waals surface area (Å²) in [5, 5.41) is 8.56. The Hall–Kier alpha value is -0.570. The highest BCUT2D eigenvalue weighted by atomic mass is 35.5. The Morgan fingerprint density at radius 3 is 2.40 bits per heavy atom. The highest BCUT2D eigenvalue weighted by Gasteiger charge is 1.96. The van der Waals surface area contributed by atoms with Crippen molar-refractivity contribution in [2.45, 2.75) is 26.2 Å². The molecular formula is C12H19ClO2. The van der Waals surface area contributed by atoms with Crippen molar-refractivity contribution in [3.63, 3.8) is 0 Å². The first kappa shape index (κ1) is 14.4. The van der Waals surface area contributed by atoms with Crippen LogP contribution in [0.25, 0.3) is 0 Å². The number of hydrogen-bond donors (Lipinski definition) is 1. The van der Waals surface area contributed by atoms with Gasteiger partial charge in [-0.2, -0.15) is 0 Å². The summed E-state index contributed by atoms with van der Waals surface area (Å²) in [4.78, 5) is 0. The maximum absolute atomic E-state index is 7.65. The summed E-state index contributed by atoms with van der Waals surface area (Å²) in [5.74, 6) is 0. The molecule has 0 atom stereocenters. The lowest BCUT2D eigenvalue weighted by Gasteiger charge is -2.00. The summed E-state index contributed by atoms with van der Waals surface area (Å²) in [5.41, 5.74) is 1.27. The van der Waals surface area contributed by atoms with E-state index in [1.54, 1.807) is 0 Å². The Bertz CT molecular complexity index is 249. The van der Waals surface area contributed by atoms with Crippen LogP contribution in [0, 0.1) is 0 Å². The Morgan fingerprint density at radius 1 is 1.33 bits per heavy atom. The molecule has 1 N–H and O–H groups in total. The molecule has 0 aromatic heterocycles. The lowest BCUT2D eigenvalue weighted by molar-refractivity contribution is 0.0325. The van der Waals surface area contributed by atoms with Gasteiger partial charge in [-0.15, -0.1) is 0 Å². The Kier molecular flexibility index (Phi) is 9.59. The van der Waals surface area contributed by atoms with Crippen molar-refractivity contribution in [3.05, 3.63) is 34.9 Å². The third kappa shape index (κ3) is 7.37. The van der Waals surface area contributed by atoms with Crippen molar-refractivity contribution in [2.24, 2.45) is 0 Å². The average molecular weight is 231 g/mol. The molecule has 1 aromatic carbocycles. The van der Waals surface area contributed by atoms with Gasteiger partial charge in [0.25, 0.3) is 0 Å². The van der Waals surface area contributed by atoms with Crippen LogP contribution in [0.15, 0.2) is 24.3 Å². The standard InChI is InChI=1S/C10H13Cl.C2H6O2/c1-2-3-6-9-7-4-5-8-10(9)11;1-4-2-3/h4-5,7-8H,2-3,6H2,1H3;3H,2H2,1H3. The van der Waals surface area contributed by atoms with E-state index in [1.807, 2.05) is 18.2 Å². The van der Waals surface area contributed by atoms with Crippen molar-refractivity contribution >= 4 is 11.6 Å². The monoisotopic (exact) mass is 230 g/mol. The van der Waals surface area contributed by atoms with Crippen LogP contribution in [-0.4, -0.2) is 19.0 Å². The molecule has 0 fully saturated rings. The van der Waals surface area contributed by atoms with E-state index < -0.39 is 0 Å². The smallest absolute Gasteiger partial charge is 0.143 e. The van der Waals surface area contributed by atoms with E-state index in [9.17, 15) is 0 Å². The van der Waals surface area contributed by atoms with Gasteiger partial charge in [-0.3, -0.25) is 0 Å². The first-order valence-corrected chi connectivity index (χ1v) is 5.47. The van der Waals surface area contributed by atoms with Crippen molar-refractivity contribution in [1.82, 2.24) is 0 Å². The molecule has 0 aliphatic carbocycles. The SMILES string of the molecule is CCCCc1ccccc1Cl.COCO. The van der Waals surface area contributed by atoms with Gasteiger partial charge in [-0.1, -0.05) is 43.1 Å². The number of aliphatic hydroxyl groups excluding tert-OH is 1. The first-order valence-electron chi connectivity index (χ1n) is 5.09. The summed E-state index contributed by atoms with van der Waals surface area (Å²) >= 11 is 5.96. The number of methoxy groups -OCH3 is 1. The van der Waals surface area contributed by atoms with E-state index in [1.165, 1.54) is 25.5 Å². The van der Waals surface area contributed by atoms with Crippen molar-refractivity contribution in [1.29, 1.82) is 0 Å². The van der Waals surface area contributed by atoms with Crippen LogP contribution in [0.5, 0.6) is 0 Å². The summed E-state index contributed by atoms with van der Waals surface area (Å²) in [6, 6.07) is 8.05. The van der Waals surface area contributed by atoms with Crippen LogP contribution >= 0.6 is 11.6 Å². The lowest BCUT2D eigenvalue weighted by Crippen LogP contribution is -1.84. The number of aryl methyl sites for hydroxylation is 1. The predicted molar refractivity (Wildman–Crippen MR) is 64.2 cm³/mol. The van der Waals surface area contributed by atoms with Gasteiger partial charge in [0.15, 0.2) is 0 Å². The normalized spacial score (nSPS) is 9.33. The molecule has 2 nitrogen and oxygen atoms in total. The lowest BCUT2D eigenvalue weighted by atomic mass is 10.1. The van der Waals surface area contributed by atoms with Gasteiger partial charge in [-0.05, 0) is 24.5 Å². The van der Waals surface area contributed by atoms with E-state index in [2.05, 4.69) is 17.7 Å². The van der Waals surface area contributed by atoms with Crippen molar-refractivity contribution < 1.29 is 9.84 Å². The fourth-order valence-corrected chi connectivity index (χ4v) is 1.30. The minimum Gasteiger partial charge on any atom is -0.371 e. The summed E-state index contributed by atoms with van der Waals surface area (Å²) in [7, 11) is 1.43. The Labute approximate surface area is 96.8 Å². The van der Waals surface area contributed by atoms with Gasteiger partial charge in [0.1, 0.15) is 6.79 Å². The molecule has 3 heteroatoms. The third-order valence-electron chi connectivity index (χ3n) is 1.89. The molecule has 1 rings (SSSR count). The number of benzene rings is 1. The molecular weight excluding hydrogens is 212 g/mol. The molecule has 0 unspecified atom stereocenters. The predicted octanol–water partition coefficient (Wildman–Crippen LogP) is 3.27. The third-order valence-corrected chi connectivity index (χ3v) is 2.26. The van der Waals surface area contributed by atoms with Gasteiger partial charge in [-0.25, -0.2) is 0 Å². The Morgan fingerprint density at radius 2 is 1.93 bits per heavy atom. The molecule has 0 bridgehead atoms. The molecule has 1 aromatic rings. The second-order valence-electron chi connectivity index (χ2n) is 3.11. The summed E-state index contributed by atoms with van der Waals surface area (Å²) in [6.07, 6.45) is 3.56. The number of ether oxygens (including phenoxy) is 1. The zero-order valence-corrected chi connectivity index (χ0v) is 10.1. The van der Waals surface area contributed by atoms with E-state index >= 15 is 0 Å². The maximum Gasteiger partial charge on any atom is 0.143 e. The second-order valence-corrected chi connectivity index (χ2v) is 3.52. The topological polar surface area (TPSA) is 29.5 Å². The van der Waals surface area contributed by atoms with E-state index in [4.69, 9.17) is 16.7 Å². The quantitative estimate of drug-likeness (QED) is 0.805. The van der Waals surface area contributed by atoms with Gasteiger partial charge in [0, 0.05) is 12.1 Å². The van der Waals surface area contributed by atoms with E-state index in [-0.39, 0.29) is 6.79 Å². The highest BCUT2D eigenvalue weighted by molar-refractivity contribution is 6.31. The molecule has 0 aliphatic heterocycles. The van der Waals surface area contributed by atoms with Gasteiger partial charge < -0.3 is 9.84 Å². The number of unbranched alkanes of at least 4 members (excludes halogenated alkanes) is 1. The Balaban J connectivity index is 0.000000423. The minimum atomic E-state index is -0.181. The molecule has 0 heterocycles. The van der Waals surface area contributed by atoms with Crippen LogP contribution in [-0.2, 0) is 11.2 Å². The molecule has 0 aliphatic rings. The minimum absolute atomic E-state index is 0.181. The van der Waals surface area contributed by atoms with Crippen LogP contribution in [0.1, 0.15) is 25.3 Å². The number of rotatable bonds is 4. The molecule has 0 saturated carbocycles. The number of aliphatic hydroxyl groups is 1. The fraction of sp³-hybridized carbons (Fsp3) is 0.500. The van der Waals surface area contributed by atoms with Crippen LogP contribution < -0.4 is 0 Å². The van der Waals surface area contributed by atoms with Crippen molar-refractivity contribution in [2.75, 3.05) is 13.9 Å². The van der Waals surface area contributed by atoms with Crippen molar-refractivity contribution in [3.8, 4) is 0 Å². The van der Waals surface area contributed by atoms with Gasteiger partial charge in [0.05, 0.1) is 0 Å². The fourth-order valence-electron chi connectivity index (χ4n) is 1.07. The van der Waals surface area contributed by atoms with E-state index in [0.717, 1.165) is 11.4 Å².